The first kappa shape index (κ1) is 14.0. The molecule has 1 heterocycles. The van der Waals surface area contributed by atoms with Crippen LogP contribution in [0.1, 0.15) is 24.8 Å². The molecule has 18 heavy (non-hydrogen) atoms. The van der Waals surface area contributed by atoms with Crippen LogP contribution in [-0.4, -0.2) is 24.7 Å². The Balaban J connectivity index is 2.20. The number of fused-ring (bicyclic) bond motifs is 1. The van der Waals surface area contributed by atoms with Crippen molar-refractivity contribution in [1.82, 2.24) is 0 Å². The largest absolute Gasteiger partial charge is 0.382 e. The molecule has 0 spiro atoms. The lowest BCUT2D eigenvalue weighted by Crippen LogP contribution is -3.11. The van der Waals surface area contributed by atoms with Crippen molar-refractivity contribution < 1.29 is 10.0 Å². The molecule has 2 rings (SSSR count). The zero-order valence-electron chi connectivity index (χ0n) is 10.7. The Bertz CT molecular complexity index is 521. The van der Waals surface area contributed by atoms with Crippen molar-refractivity contribution in [3.8, 4) is 0 Å². The second kappa shape index (κ2) is 6.15. The molecule has 0 fully saturated rings. The maximum Gasteiger partial charge on any atom is 0.137 e. The molecule has 2 aromatic rings. The van der Waals surface area contributed by atoms with E-state index < -0.39 is 0 Å². The molecule has 0 bridgehead atoms. The number of rotatable bonds is 5. The summed E-state index contributed by atoms with van der Waals surface area (Å²) in [6.07, 6.45) is -0.351. The van der Waals surface area contributed by atoms with Gasteiger partial charge in [-0.05, 0) is 43.5 Å². The van der Waals surface area contributed by atoms with Gasteiger partial charge in [-0.3, -0.25) is 0 Å². The molecule has 0 saturated carbocycles. The van der Waals surface area contributed by atoms with Gasteiger partial charge in [0, 0.05) is 14.0 Å². The van der Waals surface area contributed by atoms with Crippen molar-refractivity contribution >= 4 is 37.4 Å². The smallest absolute Gasteiger partial charge is 0.137 e. The third-order valence-electron chi connectivity index (χ3n) is 3.31. The van der Waals surface area contributed by atoms with Gasteiger partial charge in [-0.25, -0.2) is 0 Å². The van der Waals surface area contributed by atoms with E-state index in [0.717, 1.165) is 29.0 Å². The van der Waals surface area contributed by atoms with E-state index >= 15 is 0 Å². The fraction of sp³-hybridized carbons (Fsp3) is 0.429. The van der Waals surface area contributed by atoms with Gasteiger partial charge in [0.15, 0.2) is 0 Å². The van der Waals surface area contributed by atoms with E-state index in [1.165, 1.54) is 15.0 Å². The number of aliphatic hydroxyl groups is 1. The minimum atomic E-state index is -0.351. The molecule has 2 nitrogen and oxygen atoms in total. The number of benzene rings is 1. The molecule has 0 radical (unpaired) electrons. The third-order valence-corrected chi connectivity index (χ3v) is 5.02. The highest BCUT2D eigenvalue weighted by atomic mass is 79.9. The Morgan fingerprint density at radius 2 is 2.00 bits per heavy atom. The Morgan fingerprint density at radius 1 is 1.28 bits per heavy atom. The summed E-state index contributed by atoms with van der Waals surface area (Å²) < 4.78 is 2.32. The summed E-state index contributed by atoms with van der Waals surface area (Å²) in [5, 5.41) is 11.5. The predicted octanol–water partition coefficient (Wildman–Crippen LogP) is 2.62. The van der Waals surface area contributed by atoms with Crippen LogP contribution in [0.2, 0.25) is 0 Å². The Morgan fingerprint density at radius 3 is 2.67 bits per heavy atom. The van der Waals surface area contributed by atoms with Gasteiger partial charge in [0.2, 0.25) is 0 Å². The highest BCUT2D eigenvalue weighted by Gasteiger charge is 2.16. The quantitative estimate of drug-likeness (QED) is 0.866. The molecule has 2 N–H and O–H groups in total. The summed E-state index contributed by atoms with van der Waals surface area (Å²) in [5.41, 5.74) is 0. The molecule has 1 atom stereocenters. The number of thiophene rings is 1. The zero-order chi connectivity index (χ0) is 13.1. The molecular formula is C14H19BrNOS+. The van der Waals surface area contributed by atoms with E-state index in [0.29, 0.717) is 0 Å². The van der Waals surface area contributed by atoms with Crippen molar-refractivity contribution in [2.24, 2.45) is 0 Å². The molecule has 0 saturated heterocycles. The standard InChI is InChI=1S/C14H18BrNOS/c1-3-16(4-2)9-12(17)14-8-10-7-11(15)5-6-13(10)18-14/h5-8,12,17H,3-4,9H2,1-2H3/p+1/t12-/m0/s1. The van der Waals surface area contributed by atoms with Gasteiger partial charge < -0.3 is 10.0 Å². The van der Waals surface area contributed by atoms with E-state index in [2.05, 4.69) is 48.0 Å². The lowest BCUT2D eigenvalue weighted by Gasteiger charge is -2.18. The third kappa shape index (κ3) is 3.12. The maximum absolute atomic E-state index is 10.3. The maximum atomic E-state index is 10.3. The monoisotopic (exact) mass is 328 g/mol. The molecule has 0 unspecified atom stereocenters. The normalized spacial score (nSPS) is 13.4. The highest BCUT2D eigenvalue weighted by molar-refractivity contribution is 9.10. The lowest BCUT2D eigenvalue weighted by molar-refractivity contribution is -0.900. The van der Waals surface area contributed by atoms with E-state index in [9.17, 15) is 5.11 Å². The van der Waals surface area contributed by atoms with Crippen LogP contribution in [-0.2, 0) is 0 Å². The van der Waals surface area contributed by atoms with Crippen LogP contribution in [0.15, 0.2) is 28.7 Å². The zero-order valence-corrected chi connectivity index (χ0v) is 13.1. The van der Waals surface area contributed by atoms with Crippen LogP contribution in [0.25, 0.3) is 10.1 Å². The lowest BCUT2D eigenvalue weighted by atomic mass is 10.2. The van der Waals surface area contributed by atoms with Crippen LogP contribution in [0.3, 0.4) is 0 Å². The molecule has 0 aliphatic carbocycles. The average Bonchev–Trinajstić information content (AvgIpc) is 2.78. The molecule has 98 valence electrons. The number of hydrogen-bond acceptors (Lipinski definition) is 2. The number of halogens is 1. The minimum Gasteiger partial charge on any atom is -0.382 e. The van der Waals surface area contributed by atoms with E-state index in [1.807, 2.05) is 6.07 Å². The average molecular weight is 329 g/mol. The topological polar surface area (TPSA) is 24.7 Å². The van der Waals surface area contributed by atoms with Crippen molar-refractivity contribution in [1.29, 1.82) is 0 Å². The van der Waals surface area contributed by atoms with Gasteiger partial charge in [-0.15, -0.1) is 11.3 Å². The molecule has 0 aliphatic heterocycles. The van der Waals surface area contributed by atoms with Crippen molar-refractivity contribution in [3.05, 3.63) is 33.6 Å². The minimum absolute atomic E-state index is 0.351. The van der Waals surface area contributed by atoms with Gasteiger partial charge in [-0.1, -0.05) is 15.9 Å². The second-order valence-electron chi connectivity index (χ2n) is 4.51. The SMILES string of the molecule is CC[NH+](CC)C[C@H](O)c1cc2cc(Br)ccc2s1. The summed E-state index contributed by atoms with van der Waals surface area (Å²) in [5.74, 6) is 0. The van der Waals surface area contributed by atoms with Gasteiger partial charge in [0.25, 0.3) is 0 Å². The molecular weight excluding hydrogens is 310 g/mol. The van der Waals surface area contributed by atoms with Crippen LogP contribution < -0.4 is 4.90 Å². The summed E-state index contributed by atoms with van der Waals surface area (Å²) in [4.78, 5) is 2.50. The fourth-order valence-corrected chi connectivity index (χ4v) is 3.52. The Kier molecular flexibility index (Phi) is 4.78. The van der Waals surface area contributed by atoms with Crippen LogP contribution in [0, 0.1) is 0 Å². The first-order chi connectivity index (χ1) is 8.63. The molecule has 1 aromatic heterocycles. The summed E-state index contributed by atoms with van der Waals surface area (Å²) >= 11 is 5.17. The molecule has 0 aliphatic rings. The summed E-state index contributed by atoms with van der Waals surface area (Å²) in [7, 11) is 0. The van der Waals surface area contributed by atoms with E-state index in [-0.39, 0.29) is 6.10 Å². The highest BCUT2D eigenvalue weighted by Crippen LogP contribution is 2.31. The number of hydrogen-bond donors (Lipinski definition) is 2. The Hall–Kier alpha value is -0.420. The predicted molar refractivity (Wildman–Crippen MR) is 81.4 cm³/mol. The van der Waals surface area contributed by atoms with Crippen LogP contribution in [0.5, 0.6) is 0 Å². The van der Waals surface area contributed by atoms with Crippen molar-refractivity contribution in [2.45, 2.75) is 20.0 Å². The number of aliphatic hydroxyl groups excluding tert-OH is 1. The van der Waals surface area contributed by atoms with Gasteiger partial charge in [0.1, 0.15) is 12.6 Å². The second-order valence-corrected chi connectivity index (χ2v) is 6.54. The van der Waals surface area contributed by atoms with Crippen LogP contribution in [0.4, 0.5) is 0 Å². The van der Waals surface area contributed by atoms with Gasteiger partial charge >= 0.3 is 0 Å². The van der Waals surface area contributed by atoms with E-state index in [4.69, 9.17) is 0 Å². The number of likely N-dealkylation sites (N-methyl/N-ethyl adjacent to an activating group) is 1. The molecule has 4 heteroatoms. The molecule has 0 amide bonds. The number of nitrogens with one attached hydrogen (secondary N) is 1. The van der Waals surface area contributed by atoms with E-state index in [1.54, 1.807) is 11.3 Å². The van der Waals surface area contributed by atoms with Gasteiger partial charge in [-0.2, -0.15) is 0 Å². The molecule has 1 aromatic carbocycles. The number of quaternary nitrogens is 1. The van der Waals surface area contributed by atoms with Crippen LogP contribution >= 0.6 is 27.3 Å². The summed E-state index contributed by atoms with van der Waals surface area (Å²) in [6.45, 7) is 7.23. The summed E-state index contributed by atoms with van der Waals surface area (Å²) in [6, 6.07) is 8.36. The first-order valence-electron chi connectivity index (χ1n) is 6.34. The van der Waals surface area contributed by atoms with Crippen molar-refractivity contribution in [3.63, 3.8) is 0 Å². The van der Waals surface area contributed by atoms with Gasteiger partial charge in [0.05, 0.1) is 13.1 Å². The Labute approximate surface area is 120 Å². The van der Waals surface area contributed by atoms with Crippen molar-refractivity contribution in [2.75, 3.05) is 19.6 Å². The fourth-order valence-electron chi connectivity index (χ4n) is 2.11. The first-order valence-corrected chi connectivity index (χ1v) is 7.95.